The van der Waals surface area contributed by atoms with Gasteiger partial charge in [0.15, 0.2) is 0 Å². The molecule has 62 valence electrons. The molecule has 0 aliphatic carbocycles. The molecule has 11 heavy (non-hydrogen) atoms. The molecule has 1 aromatic heterocycles. The molecule has 1 heterocycles. The third-order valence-electron chi connectivity index (χ3n) is 1.52. The van der Waals surface area contributed by atoms with Crippen molar-refractivity contribution < 1.29 is 0 Å². The second kappa shape index (κ2) is 4.10. The smallest absolute Gasteiger partial charge is 0.0976 e. The van der Waals surface area contributed by atoms with E-state index in [-0.39, 0.29) is 0 Å². The van der Waals surface area contributed by atoms with Gasteiger partial charge in [-0.2, -0.15) is 0 Å². The second-order valence-electron chi connectivity index (χ2n) is 2.47. The Hall–Kier alpha value is -0.0500. The van der Waals surface area contributed by atoms with Gasteiger partial charge in [0.25, 0.3) is 0 Å². The number of halogens is 1. The summed E-state index contributed by atoms with van der Waals surface area (Å²) in [7, 11) is 0. The highest BCUT2D eigenvalue weighted by Crippen LogP contribution is 2.27. The third-order valence-corrected chi connectivity index (χ3v) is 3.02. The van der Waals surface area contributed by atoms with Crippen molar-refractivity contribution in [1.29, 1.82) is 0 Å². The van der Waals surface area contributed by atoms with Crippen LogP contribution in [0.1, 0.15) is 23.8 Å². The Kier molecular flexibility index (Phi) is 3.37. The van der Waals surface area contributed by atoms with Crippen molar-refractivity contribution in [1.82, 2.24) is 0 Å². The van der Waals surface area contributed by atoms with Gasteiger partial charge >= 0.3 is 0 Å². The molecule has 0 bridgehead atoms. The minimum absolute atomic E-state index is 0.555. The van der Waals surface area contributed by atoms with Crippen molar-refractivity contribution in [2.24, 2.45) is 5.73 Å². The zero-order chi connectivity index (χ0) is 8.27. The number of nitrogens with two attached hydrogens (primary N) is 1. The lowest BCUT2D eigenvalue weighted by molar-refractivity contribution is 0.937. The normalized spacial score (nSPS) is 10.5. The van der Waals surface area contributed by atoms with E-state index in [4.69, 9.17) is 17.3 Å². The molecule has 0 amide bonds. The van der Waals surface area contributed by atoms with Crippen LogP contribution in [-0.4, -0.2) is 0 Å². The molecule has 0 saturated heterocycles. The average molecular weight is 190 g/mol. The van der Waals surface area contributed by atoms with Gasteiger partial charge in [-0.1, -0.05) is 24.9 Å². The van der Waals surface area contributed by atoms with Crippen molar-refractivity contribution in [3.05, 3.63) is 20.8 Å². The van der Waals surface area contributed by atoms with Gasteiger partial charge in [0.05, 0.1) is 4.34 Å². The number of hydrogen-bond acceptors (Lipinski definition) is 2. The van der Waals surface area contributed by atoms with Gasteiger partial charge in [-0.05, 0) is 18.1 Å². The summed E-state index contributed by atoms with van der Waals surface area (Å²) in [5, 5.41) is 0. The molecule has 0 unspecified atom stereocenters. The predicted octanol–water partition coefficient (Wildman–Crippen LogP) is 2.81. The Morgan fingerprint density at radius 2 is 2.36 bits per heavy atom. The van der Waals surface area contributed by atoms with Crippen LogP contribution in [0.2, 0.25) is 4.34 Å². The van der Waals surface area contributed by atoms with Gasteiger partial charge in [-0.15, -0.1) is 11.3 Å². The van der Waals surface area contributed by atoms with E-state index in [0.29, 0.717) is 6.54 Å². The van der Waals surface area contributed by atoms with Crippen LogP contribution in [0.25, 0.3) is 0 Å². The van der Waals surface area contributed by atoms with Gasteiger partial charge in [0.2, 0.25) is 0 Å². The van der Waals surface area contributed by atoms with Crippen LogP contribution in [0.15, 0.2) is 6.07 Å². The van der Waals surface area contributed by atoms with Gasteiger partial charge in [-0.25, -0.2) is 0 Å². The molecule has 0 spiro atoms. The molecule has 3 heteroatoms. The molecule has 1 rings (SSSR count). The fourth-order valence-corrected chi connectivity index (χ4v) is 2.41. The molecule has 1 aromatic rings. The predicted molar refractivity (Wildman–Crippen MR) is 51.2 cm³/mol. The minimum atomic E-state index is 0.555. The summed E-state index contributed by atoms with van der Waals surface area (Å²) in [6, 6.07) is 2.11. The quantitative estimate of drug-likeness (QED) is 0.778. The second-order valence-corrected chi connectivity index (χ2v) is 4.20. The summed E-state index contributed by atoms with van der Waals surface area (Å²) in [5.41, 5.74) is 6.57. The zero-order valence-corrected chi connectivity index (χ0v) is 8.13. The summed E-state index contributed by atoms with van der Waals surface area (Å²) < 4.78 is 0.857. The molecule has 0 aliphatic heterocycles. The van der Waals surface area contributed by atoms with Crippen molar-refractivity contribution in [3.63, 3.8) is 0 Å². The lowest BCUT2D eigenvalue weighted by Crippen LogP contribution is -1.93. The maximum absolute atomic E-state index is 5.92. The van der Waals surface area contributed by atoms with Gasteiger partial charge in [0.1, 0.15) is 0 Å². The van der Waals surface area contributed by atoms with Crippen LogP contribution in [0, 0.1) is 0 Å². The largest absolute Gasteiger partial charge is 0.326 e. The summed E-state index contributed by atoms with van der Waals surface area (Å²) in [4.78, 5) is 1.35. The first kappa shape index (κ1) is 9.04. The molecule has 0 radical (unpaired) electrons. The number of rotatable bonds is 3. The van der Waals surface area contributed by atoms with E-state index >= 15 is 0 Å². The monoisotopic (exact) mass is 189 g/mol. The maximum atomic E-state index is 5.92. The molecule has 1 nitrogen and oxygen atoms in total. The molecule has 0 atom stereocenters. The van der Waals surface area contributed by atoms with Crippen molar-refractivity contribution >= 4 is 22.9 Å². The molecule has 2 N–H and O–H groups in total. The molecule has 0 aliphatic rings. The van der Waals surface area contributed by atoms with Crippen LogP contribution in [-0.2, 0) is 13.0 Å². The Balaban J connectivity index is 2.77. The van der Waals surface area contributed by atoms with Crippen LogP contribution in [0.4, 0.5) is 0 Å². The SMILES string of the molecule is CCCc1cc(CN)c(Cl)s1. The average Bonchev–Trinajstić information content (AvgIpc) is 2.32. The van der Waals surface area contributed by atoms with Crippen LogP contribution in [0.3, 0.4) is 0 Å². The molecule has 0 saturated carbocycles. The minimum Gasteiger partial charge on any atom is -0.326 e. The third kappa shape index (κ3) is 2.19. The van der Waals surface area contributed by atoms with E-state index in [1.54, 1.807) is 11.3 Å². The number of thiophene rings is 1. The molecular weight excluding hydrogens is 178 g/mol. The summed E-state index contributed by atoms with van der Waals surface area (Å²) in [6.07, 6.45) is 2.28. The van der Waals surface area contributed by atoms with Crippen LogP contribution in [0.5, 0.6) is 0 Å². The number of hydrogen-bond donors (Lipinski definition) is 1. The highest BCUT2D eigenvalue weighted by Gasteiger charge is 2.03. The highest BCUT2D eigenvalue weighted by molar-refractivity contribution is 7.16. The van der Waals surface area contributed by atoms with Crippen molar-refractivity contribution in [2.75, 3.05) is 0 Å². The Morgan fingerprint density at radius 3 is 2.82 bits per heavy atom. The van der Waals surface area contributed by atoms with Crippen molar-refractivity contribution in [2.45, 2.75) is 26.3 Å². The summed E-state index contributed by atoms with van der Waals surface area (Å²) in [5.74, 6) is 0. The standard InChI is InChI=1S/C8H12ClNS/c1-2-3-7-4-6(5-10)8(9)11-7/h4H,2-3,5,10H2,1H3. The first-order valence-corrected chi connectivity index (χ1v) is 4.94. The van der Waals surface area contributed by atoms with Gasteiger partial charge in [-0.3, -0.25) is 0 Å². The maximum Gasteiger partial charge on any atom is 0.0976 e. The van der Waals surface area contributed by atoms with E-state index < -0.39 is 0 Å². The Labute approximate surface area is 76.2 Å². The van der Waals surface area contributed by atoms with Crippen LogP contribution < -0.4 is 5.73 Å². The highest BCUT2D eigenvalue weighted by atomic mass is 35.5. The Morgan fingerprint density at radius 1 is 1.64 bits per heavy atom. The van der Waals surface area contributed by atoms with Crippen molar-refractivity contribution in [3.8, 4) is 0 Å². The first-order valence-electron chi connectivity index (χ1n) is 3.75. The van der Waals surface area contributed by atoms with Gasteiger partial charge < -0.3 is 5.73 Å². The van der Waals surface area contributed by atoms with E-state index in [1.165, 1.54) is 11.3 Å². The topological polar surface area (TPSA) is 26.0 Å². The fraction of sp³-hybridized carbons (Fsp3) is 0.500. The van der Waals surface area contributed by atoms with E-state index in [1.807, 2.05) is 0 Å². The molecular formula is C8H12ClNS. The number of aryl methyl sites for hydroxylation is 1. The lowest BCUT2D eigenvalue weighted by atomic mass is 10.2. The first-order chi connectivity index (χ1) is 5.27. The summed E-state index contributed by atoms with van der Waals surface area (Å²) >= 11 is 7.57. The lowest BCUT2D eigenvalue weighted by Gasteiger charge is -1.87. The van der Waals surface area contributed by atoms with E-state index in [9.17, 15) is 0 Å². The fourth-order valence-electron chi connectivity index (χ4n) is 0.970. The van der Waals surface area contributed by atoms with Crippen LogP contribution >= 0.6 is 22.9 Å². The zero-order valence-electron chi connectivity index (χ0n) is 6.56. The summed E-state index contributed by atoms with van der Waals surface area (Å²) in [6.45, 7) is 2.72. The molecule has 0 fully saturated rings. The molecule has 0 aromatic carbocycles. The van der Waals surface area contributed by atoms with Gasteiger partial charge in [0, 0.05) is 11.4 Å². The van der Waals surface area contributed by atoms with E-state index in [2.05, 4.69) is 13.0 Å². The van der Waals surface area contributed by atoms with E-state index in [0.717, 1.165) is 16.3 Å². The Bertz CT molecular complexity index is 232.